The van der Waals surface area contributed by atoms with Crippen molar-refractivity contribution in [2.45, 2.75) is 25.7 Å². The van der Waals surface area contributed by atoms with Crippen molar-refractivity contribution in [2.24, 2.45) is 0 Å². The molecule has 25 heavy (non-hydrogen) atoms. The number of benzene rings is 1. The number of hydrogen-bond donors (Lipinski definition) is 1. The first-order chi connectivity index (χ1) is 12.2. The molecule has 3 heterocycles. The molecule has 1 aliphatic carbocycles. The Morgan fingerprint density at radius 2 is 2.16 bits per heavy atom. The third-order valence-electron chi connectivity index (χ3n) is 4.22. The number of nitrogens with one attached hydrogen (secondary N) is 1. The molecule has 1 fully saturated rings. The Labute approximate surface area is 141 Å². The van der Waals surface area contributed by atoms with Crippen molar-refractivity contribution in [2.75, 3.05) is 5.32 Å². The van der Waals surface area contributed by atoms with Crippen LogP contribution in [0.25, 0.3) is 16.9 Å². The van der Waals surface area contributed by atoms with E-state index in [1.165, 1.54) is 4.52 Å². The van der Waals surface area contributed by atoms with E-state index in [2.05, 4.69) is 25.4 Å². The lowest BCUT2D eigenvalue weighted by atomic mass is 10.3. The highest BCUT2D eigenvalue weighted by atomic mass is 16.3. The predicted molar refractivity (Wildman–Crippen MR) is 89.5 cm³/mol. The lowest BCUT2D eigenvalue weighted by Gasteiger charge is -2.01. The first-order valence-electron chi connectivity index (χ1n) is 8.07. The monoisotopic (exact) mass is 334 g/mol. The SMILES string of the molecule is Cc1ccnc2nc(C(=O)Nc3ccc4nc(C5CC5)oc4c3)nn12. The molecule has 5 rings (SSSR count). The predicted octanol–water partition coefficient (Wildman–Crippen LogP) is 2.70. The van der Waals surface area contributed by atoms with E-state index in [-0.39, 0.29) is 5.82 Å². The molecule has 3 aromatic heterocycles. The van der Waals surface area contributed by atoms with Crippen molar-refractivity contribution < 1.29 is 9.21 Å². The number of carbonyl (C=O) groups excluding carboxylic acids is 1. The molecule has 1 aliphatic rings. The maximum atomic E-state index is 12.4. The van der Waals surface area contributed by atoms with Crippen LogP contribution >= 0.6 is 0 Å². The maximum absolute atomic E-state index is 12.4. The van der Waals surface area contributed by atoms with Gasteiger partial charge in [-0.1, -0.05) is 0 Å². The van der Waals surface area contributed by atoms with Crippen LogP contribution in [0.1, 0.15) is 41.0 Å². The van der Waals surface area contributed by atoms with Crippen LogP contribution in [0, 0.1) is 6.92 Å². The fraction of sp³-hybridized carbons (Fsp3) is 0.235. The summed E-state index contributed by atoms with van der Waals surface area (Å²) in [5.41, 5.74) is 2.93. The first kappa shape index (κ1) is 14.1. The van der Waals surface area contributed by atoms with Gasteiger partial charge in [0, 0.05) is 29.6 Å². The van der Waals surface area contributed by atoms with Crippen LogP contribution in [0.4, 0.5) is 5.69 Å². The molecule has 4 aromatic rings. The summed E-state index contributed by atoms with van der Waals surface area (Å²) in [7, 11) is 0. The van der Waals surface area contributed by atoms with E-state index < -0.39 is 5.91 Å². The number of rotatable bonds is 3. The molecule has 1 saturated carbocycles. The van der Waals surface area contributed by atoms with E-state index >= 15 is 0 Å². The molecule has 0 unspecified atom stereocenters. The largest absolute Gasteiger partial charge is 0.440 e. The van der Waals surface area contributed by atoms with Gasteiger partial charge in [0.05, 0.1) is 0 Å². The first-order valence-corrected chi connectivity index (χ1v) is 8.07. The van der Waals surface area contributed by atoms with Gasteiger partial charge in [-0.2, -0.15) is 4.98 Å². The number of aryl methyl sites for hydroxylation is 1. The second-order valence-electron chi connectivity index (χ2n) is 6.20. The van der Waals surface area contributed by atoms with E-state index in [9.17, 15) is 4.79 Å². The minimum Gasteiger partial charge on any atom is -0.440 e. The van der Waals surface area contributed by atoms with Crippen LogP contribution in [-0.2, 0) is 0 Å². The van der Waals surface area contributed by atoms with Crippen LogP contribution < -0.4 is 5.32 Å². The molecule has 8 nitrogen and oxygen atoms in total. The van der Waals surface area contributed by atoms with Gasteiger partial charge in [0.1, 0.15) is 5.52 Å². The topological polar surface area (TPSA) is 98.2 Å². The summed E-state index contributed by atoms with van der Waals surface area (Å²) >= 11 is 0. The fourth-order valence-corrected chi connectivity index (χ4v) is 2.71. The molecule has 1 aromatic carbocycles. The zero-order valence-corrected chi connectivity index (χ0v) is 13.4. The summed E-state index contributed by atoms with van der Waals surface area (Å²) in [6.07, 6.45) is 3.89. The highest BCUT2D eigenvalue weighted by molar-refractivity contribution is 6.02. The van der Waals surface area contributed by atoms with Crippen LogP contribution in [0.3, 0.4) is 0 Å². The number of fused-ring (bicyclic) bond motifs is 2. The molecular weight excluding hydrogens is 320 g/mol. The molecule has 0 atom stereocenters. The summed E-state index contributed by atoms with van der Waals surface area (Å²) in [6, 6.07) is 7.20. The molecular formula is C17H14N6O2. The van der Waals surface area contributed by atoms with Gasteiger partial charge >= 0.3 is 0 Å². The van der Waals surface area contributed by atoms with E-state index in [4.69, 9.17) is 4.42 Å². The average Bonchev–Trinajstić information content (AvgIpc) is 3.21. The van der Waals surface area contributed by atoms with Gasteiger partial charge < -0.3 is 9.73 Å². The van der Waals surface area contributed by atoms with E-state index in [0.717, 1.165) is 29.9 Å². The van der Waals surface area contributed by atoms with Gasteiger partial charge in [0.15, 0.2) is 11.5 Å². The third-order valence-corrected chi connectivity index (χ3v) is 4.22. The van der Waals surface area contributed by atoms with Gasteiger partial charge in [-0.05, 0) is 38.0 Å². The summed E-state index contributed by atoms with van der Waals surface area (Å²) in [5.74, 6) is 1.29. The van der Waals surface area contributed by atoms with Crippen molar-refractivity contribution in [1.82, 2.24) is 24.6 Å². The second-order valence-corrected chi connectivity index (χ2v) is 6.20. The number of carbonyl (C=O) groups is 1. The summed E-state index contributed by atoms with van der Waals surface area (Å²) in [4.78, 5) is 25.2. The zero-order valence-electron chi connectivity index (χ0n) is 13.4. The lowest BCUT2D eigenvalue weighted by molar-refractivity contribution is 0.101. The molecule has 8 heteroatoms. The molecule has 0 saturated heterocycles. The van der Waals surface area contributed by atoms with Gasteiger partial charge in [-0.3, -0.25) is 4.79 Å². The van der Waals surface area contributed by atoms with Crippen LogP contribution in [0.5, 0.6) is 0 Å². The lowest BCUT2D eigenvalue weighted by Crippen LogP contribution is -2.14. The molecule has 1 N–H and O–H groups in total. The Kier molecular flexibility index (Phi) is 2.87. The summed E-state index contributed by atoms with van der Waals surface area (Å²) < 4.78 is 7.31. The van der Waals surface area contributed by atoms with Crippen molar-refractivity contribution in [1.29, 1.82) is 0 Å². The summed E-state index contributed by atoms with van der Waals surface area (Å²) in [6.45, 7) is 1.88. The number of amides is 1. The van der Waals surface area contributed by atoms with Crippen molar-refractivity contribution in [3.63, 3.8) is 0 Å². The van der Waals surface area contributed by atoms with Crippen molar-refractivity contribution >= 4 is 28.5 Å². The molecule has 0 aliphatic heterocycles. The average molecular weight is 334 g/mol. The Morgan fingerprint density at radius 1 is 1.28 bits per heavy atom. The highest BCUT2D eigenvalue weighted by Crippen LogP contribution is 2.40. The quantitative estimate of drug-likeness (QED) is 0.618. The minimum atomic E-state index is -0.397. The van der Waals surface area contributed by atoms with Crippen molar-refractivity contribution in [3.05, 3.63) is 47.9 Å². The number of aromatic nitrogens is 5. The van der Waals surface area contributed by atoms with E-state index in [0.29, 0.717) is 23.0 Å². The van der Waals surface area contributed by atoms with Gasteiger partial charge in [0.2, 0.25) is 5.82 Å². The minimum absolute atomic E-state index is 0.0677. The Hall–Kier alpha value is -3.29. The third kappa shape index (κ3) is 2.42. The van der Waals surface area contributed by atoms with Crippen LogP contribution in [0.15, 0.2) is 34.9 Å². The molecule has 1 amide bonds. The molecule has 0 spiro atoms. The second kappa shape index (κ2) is 5.10. The number of anilines is 1. The molecule has 0 radical (unpaired) electrons. The normalized spacial score (nSPS) is 14.3. The maximum Gasteiger partial charge on any atom is 0.295 e. The Balaban J connectivity index is 1.44. The standard InChI is InChI=1S/C17H14N6O2/c1-9-6-7-18-17-21-14(22-23(9)17)15(24)19-11-4-5-12-13(8-11)25-16(20-12)10-2-3-10/h4-8,10H,2-3H2,1H3,(H,19,24). The zero-order chi connectivity index (χ0) is 17.0. The van der Waals surface area contributed by atoms with Gasteiger partial charge in [-0.25, -0.2) is 14.5 Å². The Morgan fingerprint density at radius 3 is 2.96 bits per heavy atom. The highest BCUT2D eigenvalue weighted by Gasteiger charge is 2.29. The van der Waals surface area contributed by atoms with Crippen molar-refractivity contribution in [3.8, 4) is 0 Å². The van der Waals surface area contributed by atoms with E-state index in [1.807, 2.05) is 13.0 Å². The smallest absolute Gasteiger partial charge is 0.295 e. The fourth-order valence-electron chi connectivity index (χ4n) is 2.71. The van der Waals surface area contributed by atoms with Crippen LogP contribution in [-0.4, -0.2) is 30.5 Å². The number of nitrogens with zero attached hydrogens (tertiary/aromatic N) is 5. The van der Waals surface area contributed by atoms with Gasteiger partial charge in [-0.15, -0.1) is 5.10 Å². The Bertz CT molecular complexity index is 1120. The van der Waals surface area contributed by atoms with E-state index in [1.54, 1.807) is 24.4 Å². The molecule has 124 valence electrons. The number of oxazole rings is 1. The van der Waals surface area contributed by atoms with Gasteiger partial charge in [0.25, 0.3) is 11.7 Å². The summed E-state index contributed by atoms with van der Waals surface area (Å²) in [5, 5.41) is 6.99. The number of hydrogen-bond acceptors (Lipinski definition) is 6. The van der Waals surface area contributed by atoms with Crippen LogP contribution in [0.2, 0.25) is 0 Å². The molecule has 0 bridgehead atoms.